The lowest BCUT2D eigenvalue weighted by molar-refractivity contribution is 0.190. The highest BCUT2D eigenvalue weighted by molar-refractivity contribution is 5.31. The quantitative estimate of drug-likeness (QED) is 0.843. The van der Waals surface area contributed by atoms with Crippen LogP contribution >= 0.6 is 0 Å². The molecule has 2 heteroatoms. The first-order valence-corrected chi connectivity index (χ1v) is 7.31. The van der Waals surface area contributed by atoms with Crippen LogP contribution in [0.15, 0.2) is 18.2 Å². The van der Waals surface area contributed by atoms with Crippen LogP contribution in [-0.4, -0.2) is 31.6 Å². The summed E-state index contributed by atoms with van der Waals surface area (Å²) in [4.78, 5) is 2.45. The van der Waals surface area contributed by atoms with Gasteiger partial charge in [-0.15, -0.1) is 0 Å². The van der Waals surface area contributed by atoms with Crippen molar-refractivity contribution < 1.29 is 0 Å². The molecule has 19 heavy (non-hydrogen) atoms. The zero-order valence-electron chi connectivity index (χ0n) is 13.6. The fourth-order valence-electron chi connectivity index (χ4n) is 2.31. The average molecular weight is 262 g/mol. The first-order chi connectivity index (χ1) is 8.86. The zero-order valence-corrected chi connectivity index (χ0v) is 13.6. The summed E-state index contributed by atoms with van der Waals surface area (Å²) in [6.45, 7) is 12.3. The van der Waals surface area contributed by atoms with Crippen molar-refractivity contribution in [2.45, 2.75) is 46.7 Å². The minimum Gasteiger partial charge on any atom is -0.312 e. The van der Waals surface area contributed by atoms with Gasteiger partial charge in [-0.2, -0.15) is 0 Å². The van der Waals surface area contributed by atoms with Crippen molar-refractivity contribution in [1.29, 1.82) is 0 Å². The number of nitrogens with zero attached hydrogens (tertiary/aromatic N) is 1. The molecule has 2 unspecified atom stereocenters. The van der Waals surface area contributed by atoms with Crippen LogP contribution in [-0.2, 0) is 0 Å². The van der Waals surface area contributed by atoms with Crippen LogP contribution in [0.1, 0.15) is 43.5 Å². The summed E-state index contributed by atoms with van der Waals surface area (Å²) in [5, 5.41) is 3.45. The normalized spacial score (nSPS) is 15.0. The van der Waals surface area contributed by atoms with Gasteiger partial charge in [0.25, 0.3) is 0 Å². The molecule has 2 atom stereocenters. The van der Waals surface area contributed by atoms with E-state index in [0.29, 0.717) is 18.0 Å². The third-order valence-corrected chi connectivity index (χ3v) is 4.41. The molecule has 0 aliphatic rings. The highest BCUT2D eigenvalue weighted by Crippen LogP contribution is 2.19. The standard InChI is InChI=1S/C17H30N2/c1-12(2)15(5)19(7)11-17(18-6)16-9-8-13(3)14(4)10-16/h8-10,12,15,17-18H,11H2,1-7H3. The molecule has 1 N–H and O–H groups in total. The lowest BCUT2D eigenvalue weighted by Gasteiger charge is -2.31. The summed E-state index contributed by atoms with van der Waals surface area (Å²) >= 11 is 0. The summed E-state index contributed by atoms with van der Waals surface area (Å²) in [6, 6.07) is 7.77. The Labute approximate surface area is 119 Å². The monoisotopic (exact) mass is 262 g/mol. The Bertz CT molecular complexity index is 398. The number of benzene rings is 1. The molecule has 0 saturated heterocycles. The largest absolute Gasteiger partial charge is 0.312 e. The molecular formula is C17H30N2. The molecule has 2 nitrogen and oxygen atoms in total. The van der Waals surface area contributed by atoms with Gasteiger partial charge in [0, 0.05) is 18.6 Å². The van der Waals surface area contributed by atoms with E-state index in [4.69, 9.17) is 0 Å². The average Bonchev–Trinajstić information content (AvgIpc) is 2.37. The van der Waals surface area contributed by atoms with Crippen LogP contribution in [0, 0.1) is 19.8 Å². The molecule has 108 valence electrons. The van der Waals surface area contributed by atoms with Crippen LogP contribution in [0.2, 0.25) is 0 Å². The van der Waals surface area contributed by atoms with E-state index in [1.165, 1.54) is 16.7 Å². The van der Waals surface area contributed by atoms with Gasteiger partial charge in [0.1, 0.15) is 0 Å². The third-order valence-electron chi connectivity index (χ3n) is 4.41. The minimum atomic E-state index is 0.394. The van der Waals surface area contributed by atoms with Gasteiger partial charge in [0.15, 0.2) is 0 Å². The van der Waals surface area contributed by atoms with Gasteiger partial charge >= 0.3 is 0 Å². The molecule has 0 spiro atoms. The maximum atomic E-state index is 3.45. The van der Waals surface area contributed by atoms with Gasteiger partial charge in [0.2, 0.25) is 0 Å². The van der Waals surface area contributed by atoms with Gasteiger partial charge in [-0.05, 0) is 57.5 Å². The van der Waals surface area contributed by atoms with Gasteiger partial charge < -0.3 is 10.2 Å². The molecule has 0 aromatic heterocycles. The van der Waals surface area contributed by atoms with Crippen molar-refractivity contribution in [2.24, 2.45) is 5.92 Å². The van der Waals surface area contributed by atoms with Crippen molar-refractivity contribution in [3.8, 4) is 0 Å². The maximum absolute atomic E-state index is 3.45. The zero-order chi connectivity index (χ0) is 14.6. The van der Waals surface area contributed by atoms with Crippen LogP contribution in [0.3, 0.4) is 0 Å². The van der Waals surface area contributed by atoms with E-state index in [2.05, 4.69) is 70.1 Å². The number of likely N-dealkylation sites (N-methyl/N-ethyl adjacent to an activating group) is 2. The predicted molar refractivity (Wildman–Crippen MR) is 84.6 cm³/mol. The Morgan fingerprint density at radius 3 is 2.21 bits per heavy atom. The molecule has 0 fully saturated rings. The Morgan fingerprint density at radius 2 is 1.74 bits per heavy atom. The second-order valence-electron chi connectivity index (χ2n) is 6.11. The second kappa shape index (κ2) is 7.06. The molecule has 0 radical (unpaired) electrons. The van der Waals surface area contributed by atoms with Crippen molar-refractivity contribution >= 4 is 0 Å². The summed E-state index contributed by atoms with van der Waals surface area (Å²) in [7, 11) is 4.27. The Hall–Kier alpha value is -0.860. The van der Waals surface area contributed by atoms with E-state index in [1.54, 1.807) is 0 Å². The highest BCUT2D eigenvalue weighted by Gasteiger charge is 2.18. The fraction of sp³-hybridized carbons (Fsp3) is 0.647. The van der Waals surface area contributed by atoms with Crippen LogP contribution in [0.25, 0.3) is 0 Å². The Kier molecular flexibility index (Phi) is 6.02. The Balaban J connectivity index is 2.80. The Morgan fingerprint density at radius 1 is 1.11 bits per heavy atom. The van der Waals surface area contributed by atoms with E-state index in [-0.39, 0.29) is 0 Å². The first-order valence-electron chi connectivity index (χ1n) is 7.31. The smallest absolute Gasteiger partial charge is 0.0446 e. The molecule has 1 aromatic carbocycles. The van der Waals surface area contributed by atoms with Gasteiger partial charge in [0.05, 0.1) is 0 Å². The number of nitrogens with one attached hydrogen (secondary N) is 1. The lowest BCUT2D eigenvalue weighted by atomic mass is 9.99. The minimum absolute atomic E-state index is 0.394. The summed E-state index contributed by atoms with van der Waals surface area (Å²) in [5.74, 6) is 0.683. The van der Waals surface area contributed by atoms with E-state index in [0.717, 1.165) is 6.54 Å². The second-order valence-corrected chi connectivity index (χ2v) is 6.11. The summed E-state index contributed by atoms with van der Waals surface area (Å²) in [6.07, 6.45) is 0. The molecule has 0 saturated carbocycles. The van der Waals surface area contributed by atoms with Crippen molar-refractivity contribution in [1.82, 2.24) is 10.2 Å². The van der Waals surface area contributed by atoms with E-state index < -0.39 is 0 Å². The SMILES string of the molecule is CNC(CN(C)C(C)C(C)C)c1ccc(C)c(C)c1. The molecule has 0 bridgehead atoms. The van der Waals surface area contributed by atoms with Crippen molar-refractivity contribution in [2.75, 3.05) is 20.6 Å². The van der Waals surface area contributed by atoms with E-state index in [1.807, 2.05) is 7.05 Å². The molecular weight excluding hydrogens is 232 g/mol. The third kappa shape index (κ3) is 4.32. The van der Waals surface area contributed by atoms with Crippen LogP contribution < -0.4 is 5.32 Å². The molecule has 1 aromatic rings. The first kappa shape index (κ1) is 16.2. The van der Waals surface area contributed by atoms with Crippen LogP contribution in [0.4, 0.5) is 0 Å². The lowest BCUT2D eigenvalue weighted by Crippen LogP contribution is -2.39. The maximum Gasteiger partial charge on any atom is 0.0446 e. The number of aryl methyl sites for hydroxylation is 2. The number of hydrogen-bond acceptors (Lipinski definition) is 2. The number of rotatable bonds is 6. The molecule has 0 aliphatic heterocycles. The number of hydrogen-bond donors (Lipinski definition) is 1. The van der Waals surface area contributed by atoms with E-state index in [9.17, 15) is 0 Å². The van der Waals surface area contributed by atoms with Gasteiger partial charge in [-0.1, -0.05) is 32.0 Å². The summed E-state index contributed by atoms with van der Waals surface area (Å²) < 4.78 is 0. The van der Waals surface area contributed by atoms with Crippen molar-refractivity contribution in [3.63, 3.8) is 0 Å². The van der Waals surface area contributed by atoms with Crippen LogP contribution in [0.5, 0.6) is 0 Å². The summed E-state index contributed by atoms with van der Waals surface area (Å²) in [5.41, 5.74) is 4.12. The highest BCUT2D eigenvalue weighted by atomic mass is 15.1. The van der Waals surface area contributed by atoms with Crippen molar-refractivity contribution in [3.05, 3.63) is 34.9 Å². The van der Waals surface area contributed by atoms with Gasteiger partial charge in [-0.25, -0.2) is 0 Å². The van der Waals surface area contributed by atoms with Gasteiger partial charge in [-0.3, -0.25) is 0 Å². The fourth-order valence-corrected chi connectivity index (χ4v) is 2.31. The molecule has 1 rings (SSSR count). The molecule has 0 heterocycles. The predicted octanol–water partition coefficient (Wildman–Crippen LogP) is 3.54. The van der Waals surface area contributed by atoms with E-state index >= 15 is 0 Å². The molecule has 0 amide bonds. The molecule has 0 aliphatic carbocycles. The topological polar surface area (TPSA) is 15.3 Å².